The van der Waals surface area contributed by atoms with Gasteiger partial charge < -0.3 is 20.3 Å². The summed E-state index contributed by atoms with van der Waals surface area (Å²) in [5.41, 5.74) is 1.19. The van der Waals surface area contributed by atoms with E-state index in [4.69, 9.17) is 4.74 Å². The number of carbonyl (C=O) groups excluding carboxylic acids is 2. The molecule has 2 aliphatic heterocycles. The van der Waals surface area contributed by atoms with Crippen LogP contribution in [0.15, 0.2) is 29.5 Å². The molecule has 25 heavy (non-hydrogen) atoms. The Balaban J connectivity index is 1.81. The highest BCUT2D eigenvalue weighted by molar-refractivity contribution is 6.01. The number of nitrogens with zero attached hydrogens (tertiary/aromatic N) is 1. The Labute approximate surface area is 143 Å². The van der Waals surface area contributed by atoms with E-state index in [-0.39, 0.29) is 12.5 Å². The second-order valence-electron chi connectivity index (χ2n) is 5.87. The number of carbonyl (C=O) groups is 2. The molecule has 1 aromatic rings. The van der Waals surface area contributed by atoms with E-state index < -0.39 is 23.7 Å². The average Bonchev–Trinajstić information content (AvgIpc) is 2.89. The number of amides is 3. The largest absolute Gasteiger partial charge is 0.382 e. The van der Waals surface area contributed by atoms with E-state index in [1.54, 1.807) is 4.90 Å². The fourth-order valence-electron chi connectivity index (χ4n) is 3.05. The summed E-state index contributed by atoms with van der Waals surface area (Å²) in [6.07, 6.45) is 0.678. The lowest BCUT2D eigenvalue weighted by molar-refractivity contribution is -0.126. The van der Waals surface area contributed by atoms with Crippen molar-refractivity contribution in [1.29, 1.82) is 0 Å². The lowest BCUT2D eigenvalue weighted by atomic mass is 9.96. The standard InChI is InChI=1S/C17H19F2N3O3/c1-2-25-7-3-6-22-9-13-14(16(22)23)15(21-17(24)20-13)10-4-5-11(18)12(19)8-10/h4-5,8,15H,2-3,6-7,9H2,1H3,(H2,20,21,24)/t15-/m1/s1. The highest BCUT2D eigenvalue weighted by Gasteiger charge is 2.40. The van der Waals surface area contributed by atoms with E-state index in [2.05, 4.69) is 10.6 Å². The topological polar surface area (TPSA) is 70.7 Å². The number of urea groups is 1. The normalized spacial score (nSPS) is 19.8. The number of benzene rings is 1. The van der Waals surface area contributed by atoms with Crippen LogP contribution >= 0.6 is 0 Å². The van der Waals surface area contributed by atoms with Crippen LogP contribution in [0.1, 0.15) is 24.9 Å². The van der Waals surface area contributed by atoms with Crippen LogP contribution in [0.25, 0.3) is 0 Å². The van der Waals surface area contributed by atoms with Crippen molar-refractivity contribution in [3.8, 4) is 0 Å². The summed E-state index contributed by atoms with van der Waals surface area (Å²) < 4.78 is 32.0. The molecular weight excluding hydrogens is 332 g/mol. The van der Waals surface area contributed by atoms with Crippen LogP contribution in [0, 0.1) is 11.6 Å². The van der Waals surface area contributed by atoms with Crippen molar-refractivity contribution in [2.75, 3.05) is 26.3 Å². The summed E-state index contributed by atoms with van der Waals surface area (Å²) in [5.74, 6) is -2.23. The minimum absolute atomic E-state index is 0.228. The van der Waals surface area contributed by atoms with Crippen LogP contribution in [-0.4, -0.2) is 43.1 Å². The molecule has 0 aliphatic carbocycles. The van der Waals surface area contributed by atoms with Crippen molar-refractivity contribution in [3.63, 3.8) is 0 Å². The molecule has 0 bridgehead atoms. The summed E-state index contributed by atoms with van der Waals surface area (Å²) in [4.78, 5) is 26.2. The minimum Gasteiger partial charge on any atom is -0.382 e. The molecule has 1 atom stereocenters. The second-order valence-corrected chi connectivity index (χ2v) is 5.87. The van der Waals surface area contributed by atoms with Gasteiger partial charge in [0.05, 0.1) is 23.9 Å². The predicted octanol–water partition coefficient (Wildman–Crippen LogP) is 1.84. The van der Waals surface area contributed by atoms with E-state index in [1.165, 1.54) is 6.07 Å². The molecule has 0 spiro atoms. The fourth-order valence-corrected chi connectivity index (χ4v) is 3.05. The van der Waals surface area contributed by atoms with Gasteiger partial charge in [-0.2, -0.15) is 0 Å². The monoisotopic (exact) mass is 351 g/mol. The molecule has 0 fully saturated rings. The van der Waals surface area contributed by atoms with Crippen LogP contribution < -0.4 is 10.6 Å². The molecule has 0 radical (unpaired) electrons. The van der Waals surface area contributed by atoms with Crippen molar-refractivity contribution < 1.29 is 23.1 Å². The fraction of sp³-hybridized carbons (Fsp3) is 0.412. The first-order chi connectivity index (χ1) is 12.0. The zero-order chi connectivity index (χ0) is 18.0. The lowest BCUT2D eigenvalue weighted by Crippen LogP contribution is -2.44. The maximum absolute atomic E-state index is 13.6. The van der Waals surface area contributed by atoms with E-state index in [0.29, 0.717) is 43.0 Å². The number of ether oxygens (including phenoxy) is 1. The number of hydrogen-bond donors (Lipinski definition) is 2. The van der Waals surface area contributed by atoms with Gasteiger partial charge in [0, 0.05) is 19.8 Å². The van der Waals surface area contributed by atoms with E-state index in [0.717, 1.165) is 12.1 Å². The average molecular weight is 351 g/mol. The highest BCUT2D eigenvalue weighted by atomic mass is 19.2. The molecule has 0 saturated carbocycles. The maximum Gasteiger partial charge on any atom is 0.319 e. The summed E-state index contributed by atoms with van der Waals surface area (Å²) in [7, 11) is 0. The molecule has 2 N–H and O–H groups in total. The Kier molecular flexibility index (Phi) is 4.98. The van der Waals surface area contributed by atoms with Crippen LogP contribution in [0.5, 0.6) is 0 Å². The Morgan fingerprint density at radius 1 is 1.28 bits per heavy atom. The van der Waals surface area contributed by atoms with Gasteiger partial charge in [-0.15, -0.1) is 0 Å². The first-order valence-corrected chi connectivity index (χ1v) is 8.13. The third kappa shape index (κ3) is 3.48. The second kappa shape index (κ2) is 7.18. The third-order valence-electron chi connectivity index (χ3n) is 4.22. The van der Waals surface area contributed by atoms with Gasteiger partial charge in [-0.1, -0.05) is 6.07 Å². The number of nitrogens with one attached hydrogen (secondary N) is 2. The van der Waals surface area contributed by atoms with Crippen molar-refractivity contribution in [3.05, 3.63) is 46.7 Å². The van der Waals surface area contributed by atoms with E-state index in [9.17, 15) is 18.4 Å². The predicted molar refractivity (Wildman–Crippen MR) is 85.5 cm³/mol. The highest BCUT2D eigenvalue weighted by Crippen LogP contribution is 2.33. The van der Waals surface area contributed by atoms with Gasteiger partial charge in [0.2, 0.25) is 0 Å². The Bertz CT molecular complexity index is 736. The Morgan fingerprint density at radius 3 is 2.80 bits per heavy atom. The van der Waals surface area contributed by atoms with Crippen LogP contribution in [0.2, 0.25) is 0 Å². The van der Waals surface area contributed by atoms with Gasteiger partial charge in [-0.05, 0) is 31.0 Å². The Hall–Kier alpha value is -2.48. The summed E-state index contributed by atoms with van der Waals surface area (Å²) in [5, 5.41) is 5.24. The van der Waals surface area contributed by atoms with Gasteiger partial charge >= 0.3 is 6.03 Å². The molecule has 1 aromatic carbocycles. The van der Waals surface area contributed by atoms with Gasteiger partial charge in [0.1, 0.15) is 0 Å². The van der Waals surface area contributed by atoms with Gasteiger partial charge in [-0.25, -0.2) is 13.6 Å². The summed E-state index contributed by atoms with van der Waals surface area (Å²) >= 11 is 0. The molecule has 134 valence electrons. The number of rotatable bonds is 6. The van der Waals surface area contributed by atoms with Crippen molar-refractivity contribution in [2.45, 2.75) is 19.4 Å². The summed E-state index contributed by atoms with van der Waals surface area (Å²) in [6.45, 7) is 3.83. The Morgan fingerprint density at radius 2 is 2.08 bits per heavy atom. The van der Waals surface area contributed by atoms with Crippen LogP contribution in [0.3, 0.4) is 0 Å². The lowest BCUT2D eigenvalue weighted by Gasteiger charge is -2.25. The van der Waals surface area contributed by atoms with Crippen LogP contribution in [-0.2, 0) is 9.53 Å². The van der Waals surface area contributed by atoms with E-state index >= 15 is 0 Å². The molecule has 0 saturated heterocycles. The molecular formula is C17H19F2N3O3. The molecule has 0 unspecified atom stereocenters. The molecule has 0 aromatic heterocycles. The molecule has 2 heterocycles. The quantitative estimate of drug-likeness (QED) is 0.769. The molecule has 2 aliphatic rings. The van der Waals surface area contributed by atoms with E-state index in [1.807, 2.05) is 6.92 Å². The van der Waals surface area contributed by atoms with Gasteiger partial charge in [-0.3, -0.25) is 4.79 Å². The maximum atomic E-state index is 13.6. The molecule has 6 nitrogen and oxygen atoms in total. The van der Waals surface area contributed by atoms with Crippen LogP contribution in [0.4, 0.5) is 13.6 Å². The van der Waals surface area contributed by atoms with Crippen molar-refractivity contribution in [2.24, 2.45) is 0 Å². The molecule has 8 heteroatoms. The molecule has 3 rings (SSSR count). The minimum atomic E-state index is -1.02. The number of hydrogen-bond acceptors (Lipinski definition) is 3. The zero-order valence-corrected chi connectivity index (χ0v) is 13.8. The third-order valence-corrected chi connectivity index (χ3v) is 4.22. The van der Waals surface area contributed by atoms with Crippen molar-refractivity contribution >= 4 is 11.9 Å². The smallest absolute Gasteiger partial charge is 0.319 e. The van der Waals surface area contributed by atoms with Gasteiger partial charge in [0.25, 0.3) is 5.91 Å². The number of halogens is 2. The molecule has 3 amide bonds. The first-order valence-electron chi connectivity index (χ1n) is 8.13. The summed E-state index contributed by atoms with van der Waals surface area (Å²) in [6, 6.07) is 2.07. The van der Waals surface area contributed by atoms with Crippen molar-refractivity contribution in [1.82, 2.24) is 15.5 Å². The first kappa shape index (κ1) is 17.3. The zero-order valence-electron chi connectivity index (χ0n) is 13.8. The van der Waals surface area contributed by atoms with Gasteiger partial charge in [0.15, 0.2) is 11.6 Å². The SMILES string of the molecule is CCOCCCN1CC2=C(C1=O)[C@@H](c1ccc(F)c(F)c1)NC(=O)N2.